The number of hydrogen-bond donors (Lipinski definition) is 2. The van der Waals surface area contributed by atoms with Crippen molar-refractivity contribution in [2.45, 2.75) is 13.5 Å². The maximum absolute atomic E-state index is 8.97. The highest BCUT2D eigenvalue weighted by Gasteiger charge is 2.08. The van der Waals surface area contributed by atoms with Gasteiger partial charge in [-0.05, 0) is 19.1 Å². The smallest absolute Gasteiger partial charge is 0.141 e. The van der Waals surface area contributed by atoms with E-state index in [0.717, 1.165) is 11.3 Å². The van der Waals surface area contributed by atoms with Gasteiger partial charge >= 0.3 is 0 Å². The highest BCUT2D eigenvalue weighted by molar-refractivity contribution is 5.64. The predicted octanol–water partition coefficient (Wildman–Crippen LogP) is 1.97. The van der Waals surface area contributed by atoms with Gasteiger partial charge in [0.25, 0.3) is 0 Å². The van der Waals surface area contributed by atoms with Crippen LogP contribution < -0.4 is 4.74 Å². The molecule has 4 heteroatoms. The van der Waals surface area contributed by atoms with Gasteiger partial charge in [0, 0.05) is 0 Å². The minimum Gasteiger partial charge on any atom is -0.493 e. The van der Waals surface area contributed by atoms with Gasteiger partial charge in [0.2, 0.25) is 0 Å². The molecule has 84 valence electrons. The van der Waals surface area contributed by atoms with Crippen molar-refractivity contribution >= 4 is 0 Å². The Hall–Kier alpha value is -1.81. The lowest BCUT2D eigenvalue weighted by Crippen LogP contribution is -1.94. The quantitative estimate of drug-likeness (QED) is 0.824. The molecule has 0 spiro atoms. The number of ether oxygens (including phenoxy) is 1. The summed E-state index contributed by atoms with van der Waals surface area (Å²) in [5.41, 5.74) is 1.60. The third kappa shape index (κ3) is 2.06. The average Bonchev–Trinajstić information content (AvgIpc) is 2.79. The minimum absolute atomic E-state index is 0.0379. The van der Waals surface area contributed by atoms with E-state index in [1.165, 1.54) is 0 Å². The Balaban J connectivity index is 2.38. The summed E-state index contributed by atoms with van der Waals surface area (Å²) in [6.07, 6.45) is 1.62. The van der Waals surface area contributed by atoms with E-state index < -0.39 is 0 Å². The van der Waals surface area contributed by atoms with E-state index >= 15 is 0 Å². The first kappa shape index (κ1) is 10.7. The summed E-state index contributed by atoms with van der Waals surface area (Å²) in [6, 6.07) is 7.69. The number of hydrogen-bond acceptors (Lipinski definition) is 3. The fourth-order valence-corrected chi connectivity index (χ4v) is 1.52. The van der Waals surface area contributed by atoms with Crippen LogP contribution in [0.1, 0.15) is 12.6 Å². The number of aliphatic hydroxyl groups is 1. The largest absolute Gasteiger partial charge is 0.493 e. The predicted molar refractivity (Wildman–Crippen MR) is 61.1 cm³/mol. The zero-order valence-electron chi connectivity index (χ0n) is 9.10. The van der Waals surface area contributed by atoms with Gasteiger partial charge in [-0.3, -0.25) is 0 Å². The van der Waals surface area contributed by atoms with Crippen molar-refractivity contribution in [3.8, 4) is 17.1 Å². The van der Waals surface area contributed by atoms with Crippen LogP contribution in [0.4, 0.5) is 0 Å². The SMILES string of the molecule is CCOc1ccccc1-c1ncc(CO)[nH]1. The molecule has 2 rings (SSSR count). The van der Waals surface area contributed by atoms with Crippen LogP contribution in [-0.2, 0) is 6.61 Å². The van der Waals surface area contributed by atoms with Gasteiger partial charge in [-0.2, -0.15) is 0 Å². The Morgan fingerprint density at radius 2 is 2.19 bits per heavy atom. The highest BCUT2D eigenvalue weighted by Crippen LogP contribution is 2.27. The number of H-pyrrole nitrogens is 1. The number of aromatic amines is 1. The lowest BCUT2D eigenvalue weighted by molar-refractivity contribution is 0.277. The standard InChI is InChI=1S/C12H14N2O2/c1-2-16-11-6-4-3-5-10(11)12-13-7-9(8-15)14-12/h3-7,15H,2,8H2,1H3,(H,13,14). The average molecular weight is 218 g/mol. The lowest BCUT2D eigenvalue weighted by Gasteiger charge is -2.07. The van der Waals surface area contributed by atoms with Crippen molar-refractivity contribution in [2.75, 3.05) is 6.61 Å². The van der Waals surface area contributed by atoms with Crippen molar-refractivity contribution in [3.63, 3.8) is 0 Å². The topological polar surface area (TPSA) is 58.1 Å². The van der Waals surface area contributed by atoms with Gasteiger partial charge in [-0.15, -0.1) is 0 Å². The van der Waals surface area contributed by atoms with Gasteiger partial charge in [-0.1, -0.05) is 12.1 Å². The molecule has 2 N–H and O–H groups in total. The summed E-state index contributed by atoms with van der Waals surface area (Å²) in [6.45, 7) is 2.52. The van der Waals surface area contributed by atoms with Crippen molar-refractivity contribution in [3.05, 3.63) is 36.2 Å². The number of para-hydroxylation sites is 1. The number of aliphatic hydroxyl groups excluding tert-OH is 1. The van der Waals surface area contributed by atoms with E-state index in [-0.39, 0.29) is 6.61 Å². The first-order valence-corrected chi connectivity index (χ1v) is 5.22. The third-order valence-corrected chi connectivity index (χ3v) is 2.24. The molecule has 0 radical (unpaired) electrons. The molecule has 0 fully saturated rings. The molecule has 0 atom stereocenters. The number of nitrogens with zero attached hydrogens (tertiary/aromatic N) is 1. The molecule has 2 aromatic rings. The van der Waals surface area contributed by atoms with Crippen molar-refractivity contribution in [1.29, 1.82) is 0 Å². The van der Waals surface area contributed by atoms with Crippen LogP contribution in [0, 0.1) is 0 Å². The van der Waals surface area contributed by atoms with Gasteiger partial charge < -0.3 is 14.8 Å². The van der Waals surface area contributed by atoms with Gasteiger partial charge in [0.1, 0.15) is 11.6 Å². The van der Waals surface area contributed by atoms with E-state index in [9.17, 15) is 0 Å². The van der Waals surface area contributed by atoms with Gasteiger partial charge in [0.05, 0.1) is 30.7 Å². The van der Waals surface area contributed by atoms with Crippen LogP contribution in [0.5, 0.6) is 5.75 Å². The van der Waals surface area contributed by atoms with E-state index in [4.69, 9.17) is 9.84 Å². The molecule has 4 nitrogen and oxygen atoms in total. The first-order valence-electron chi connectivity index (χ1n) is 5.22. The molecule has 0 aliphatic heterocycles. The third-order valence-electron chi connectivity index (χ3n) is 2.24. The summed E-state index contributed by atoms with van der Waals surface area (Å²) in [4.78, 5) is 7.24. The molecule has 0 unspecified atom stereocenters. The zero-order chi connectivity index (χ0) is 11.4. The van der Waals surface area contributed by atoms with Crippen LogP contribution in [0.3, 0.4) is 0 Å². The second-order valence-electron chi connectivity index (χ2n) is 3.34. The Labute approximate surface area is 93.9 Å². The summed E-state index contributed by atoms with van der Waals surface area (Å²) in [5, 5.41) is 8.97. The monoisotopic (exact) mass is 218 g/mol. The van der Waals surface area contributed by atoms with Crippen LogP contribution in [0.2, 0.25) is 0 Å². The Bertz CT molecular complexity index is 466. The first-order chi connectivity index (χ1) is 7.85. The van der Waals surface area contributed by atoms with Crippen LogP contribution in [0.25, 0.3) is 11.4 Å². The van der Waals surface area contributed by atoms with E-state index in [2.05, 4.69) is 9.97 Å². The molecule has 1 aromatic heterocycles. The van der Waals surface area contributed by atoms with E-state index in [0.29, 0.717) is 18.1 Å². The molecule has 1 aromatic carbocycles. The van der Waals surface area contributed by atoms with Crippen LogP contribution >= 0.6 is 0 Å². The summed E-state index contributed by atoms with van der Waals surface area (Å²) >= 11 is 0. The lowest BCUT2D eigenvalue weighted by atomic mass is 10.2. The molecule has 1 heterocycles. The molecule has 0 aliphatic rings. The van der Waals surface area contributed by atoms with E-state index in [1.807, 2.05) is 31.2 Å². The molecule has 0 aliphatic carbocycles. The van der Waals surface area contributed by atoms with E-state index in [1.54, 1.807) is 6.20 Å². The maximum atomic E-state index is 8.97. The molecule has 0 saturated heterocycles. The van der Waals surface area contributed by atoms with Crippen LogP contribution in [0.15, 0.2) is 30.5 Å². The second-order valence-corrected chi connectivity index (χ2v) is 3.34. The number of nitrogens with one attached hydrogen (secondary N) is 1. The minimum atomic E-state index is -0.0379. The maximum Gasteiger partial charge on any atom is 0.141 e. The molecular weight excluding hydrogens is 204 g/mol. The summed E-state index contributed by atoms with van der Waals surface area (Å²) in [7, 11) is 0. The molecule has 0 bridgehead atoms. The number of rotatable bonds is 4. The Morgan fingerprint density at radius 3 is 2.88 bits per heavy atom. The molecule has 0 saturated carbocycles. The molecule has 0 amide bonds. The second kappa shape index (κ2) is 4.81. The fraction of sp³-hybridized carbons (Fsp3) is 0.250. The summed E-state index contributed by atoms with van der Waals surface area (Å²) in [5.74, 6) is 1.51. The van der Waals surface area contributed by atoms with Crippen LogP contribution in [-0.4, -0.2) is 21.7 Å². The van der Waals surface area contributed by atoms with Gasteiger partial charge in [0.15, 0.2) is 0 Å². The fourth-order valence-electron chi connectivity index (χ4n) is 1.52. The van der Waals surface area contributed by atoms with Crippen molar-refractivity contribution in [1.82, 2.24) is 9.97 Å². The summed E-state index contributed by atoms with van der Waals surface area (Å²) < 4.78 is 5.51. The Kier molecular flexibility index (Phi) is 3.22. The number of benzene rings is 1. The number of imidazole rings is 1. The Morgan fingerprint density at radius 1 is 1.38 bits per heavy atom. The van der Waals surface area contributed by atoms with Crippen molar-refractivity contribution < 1.29 is 9.84 Å². The normalized spacial score (nSPS) is 10.4. The van der Waals surface area contributed by atoms with Crippen molar-refractivity contribution in [2.24, 2.45) is 0 Å². The number of aromatic nitrogens is 2. The molecular formula is C12H14N2O2. The molecule has 16 heavy (non-hydrogen) atoms. The zero-order valence-corrected chi connectivity index (χ0v) is 9.10. The highest BCUT2D eigenvalue weighted by atomic mass is 16.5. The van der Waals surface area contributed by atoms with Gasteiger partial charge in [-0.25, -0.2) is 4.98 Å².